The zero-order valence-corrected chi connectivity index (χ0v) is 20.5. The number of fused-ring (bicyclic) bond motifs is 2. The van der Waals surface area contributed by atoms with Gasteiger partial charge in [-0.05, 0) is 19.3 Å². The molecule has 4 heterocycles. The second kappa shape index (κ2) is 10.6. The van der Waals surface area contributed by atoms with E-state index in [4.69, 9.17) is 9.84 Å². The van der Waals surface area contributed by atoms with Crippen LogP contribution >= 0.6 is 0 Å². The van der Waals surface area contributed by atoms with E-state index in [1.807, 2.05) is 29.2 Å². The summed E-state index contributed by atoms with van der Waals surface area (Å²) in [7, 11) is 1.75. The summed E-state index contributed by atoms with van der Waals surface area (Å²) in [6, 6.07) is -0.748. The van der Waals surface area contributed by atoms with Gasteiger partial charge in [-0.25, -0.2) is 0 Å². The van der Waals surface area contributed by atoms with Crippen LogP contribution in [-0.4, -0.2) is 95.1 Å². The molecule has 4 aliphatic heterocycles. The zero-order valence-electron chi connectivity index (χ0n) is 20.5. The molecule has 0 bridgehead atoms. The number of rotatable bonds is 10. The lowest BCUT2D eigenvalue weighted by molar-refractivity contribution is -0.148. The molecule has 1 N–H and O–H groups in total. The molecule has 188 valence electrons. The van der Waals surface area contributed by atoms with Crippen molar-refractivity contribution in [2.75, 3.05) is 39.8 Å². The minimum absolute atomic E-state index is 0.0754. The van der Waals surface area contributed by atoms with Crippen LogP contribution in [0.1, 0.15) is 51.9 Å². The Morgan fingerprint density at radius 1 is 0.971 bits per heavy atom. The van der Waals surface area contributed by atoms with E-state index in [0.717, 1.165) is 44.9 Å². The minimum Gasteiger partial charge on any atom is -0.396 e. The number of likely N-dealkylation sites (tertiary alicyclic amines) is 1. The Labute approximate surface area is 202 Å². The van der Waals surface area contributed by atoms with Crippen molar-refractivity contribution < 1.29 is 24.2 Å². The lowest BCUT2D eigenvalue weighted by Gasteiger charge is -2.35. The summed E-state index contributed by atoms with van der Waals surface area (Å²) < 4.78 is 6.59. The van der Waals surface area contributed by atoms with E-state index >= 15 is 0 Å². The average molecular weight is 474 g/mol. The molecule has 1 spiro atoms. The third-order valence-electron chi connectivity index (χ3n) is 7.78. The largest absolute Gasteiger partial charge is 0.396 e. The maximum Gasteiger partial charge on any atom is 0.249 e. The summed E-state index contributed by atoms with van der Waals surface area (Å²) in [4.78, 5) is 46.4. The lowest BCUT2D eigenvalue weighted by Crippen LogP contribution is -2.55. The Kier molecular flexibility index (Phi) is 7.77. The molecule has 5 atom stereocenters. The van der Waals surface area contributed by atoms with E-state index < -0.39 is 29.6 Å². The Balaban J connectivity index is 1.66. The molecule has 2 saturated heterocycles. The highest BCUT2D eigenvalue weighted by Gasteiger charge is 2.71. The highest BCUT2D eigenvalue weighted by molar-refractivity contribution is 5.99. The number of hydrogen-bond acceptors (Lipinski definition) is 5. The van der Waals surface area contributed by atoms with Crippen LogP contribution in [0.3, 0.4) is 0 Å². The highest BCUT2D eigenvalue weighted by atomic mass is 16.5. The van der Waals surface area contributed by atoms with Crippen molar-refractivity contribution >= 4 is 17.7 Å². The van der Waals surface area contributed by atoms with Gasteiger partial charge in [0, 0.05) is 39.8 Å². The molecule has 3 amide bonds. The molecule has 0 aromatic carbocycles. The summed E-state index contributed by atoms with van der Waals surface area (Å²) in [5, 5.41) is 9.06. The summed E-state index contributed by atoms with van der Waals surface area (Å²) in [6.45, 7) is 4.38. The fraction of sp³-hybridized carbons (Fsp3) is 0.731. The number of hydrogen-bond donors (Lipinski definition) is 1. The normalized spacial score (nSPS) is 32.7. The Morgan fingerprint density at radius 2 is 1.74 bits per heavy atom. The van der Waals surface area contributed by atoms with Crippen LogP contribution < -0.4 is 0 Å². The van der Waals surface area contributed by atoms with Gasteiger partial charge in [0.1, 0.15) is 11.6 Å². The van der Waals surface area contributed by atoms with Crippen LogP contribution in [0.4, 0.5) is 0 Å². The van der Waals surface area contributed by atoms with Crippen molar-refractivity contribution in [2.45, 2.75) is 69.6 Å². The first kappa shape index (κ1) is 24.9. The Hall–Kier alpha value is -2.19. The molecule has 0 radical (unpaired) electrons. The zero-order chi connectivity index (χ0) is 24.3. The fourth-order valence-corrected chi connectivity index (χ4v) is 6.05. The third-order valence-corrected chi connectivity index (χ3v) is 7.78. The van der Waals surface area contributed by atoms with Gasteiger partial charge in [-0.1, -0.05) is 56.9 Å². The van der Waals surface area contributed by atoms with Crippen molar-refractivity contribution in [3.8, 4) is 0 Å². The van der Waals surface area contributed by atoms with Crippen LogP contribution in [-0.2, 0) is 19.1 Å². The summed E-state index contributed by atoms with van der Waals surface area (Å²) in [5.41, 5.74) is -1.12. The van der Waals surface area contributed by atoms with Gasteiger partial charge in [-0.2, -0.15) is 0 Å². The summed E-state index contributed by atoms with van der Waals surface area (Å²) >= 11 is 0. The number of carbonyl (C=O) groups is 3. The molecule has 8 nitrogen and oxygen atoms in total. The van der Waals surface area contributed by atoms with Crippen molar-refractivity contribution in [1.82, 2.24) is 14.7 Å². The van der Waals surface area contributed by atoms with Gasteiger partial charge in [0.2, 0.25) is 17.7 Å². The molecule has 0 aromatic rings. The maximum absolute atomic E-state index is 13.9. The number of unbranched alkanes of at least 4 members (excludes halogenated alkanes) is 5. The Bertz CT molecular complexity index is 842. The monoisotopic (exact) mass is 473 g/mol. The fourth-order valence-electron chi connectivity index (χ4n) is 6.05. The van der Waals surface area contributed by atoms with E-state index in [-0.39, 0.29) is 24.3 Å². The SMILES string of the molecule is CCCCCN1CC=C[C@]23O[C@H]4C=CCN(C)C(=O)[C@H]4[C@H]2C(=O)N(CCCCCCO)C3C1=O. The van der Waals surface area contributed by atoms with E-state index in [9.17, 15) is 14.4 Å². The van der Waals surface area contributed by atoms with Gasteiger partial charge < -0.3 is 24.5 Å². The minimum atomic E-state index is -1.12. The molecule has 2 fully saturated rings. The van der Waals surface area contributed by atoms with E-state index in [1.165, 1.54) is 0 Å². The van der Waals surface area contributed by atoms with Crippen LogP contribution in [0.5, 0.6) is 0 Å². The van der Waals surface area contributed by atoms with Gasteiger partial charge in [-0.3, -0.25) is 14.4 Å². The van der Waals surface area contributed by atoms with Gasteiger partial charge in [0.25, 0.3) is 0 Å². The predicted octanol–water partition coefficient (Wildman–Crippen LogP) is 1.74. The lowest BCUT2D eigenvalue weighted by atomic mass is 9.77. The number of nitrogens with zero attached hydrogens (tertiary/aromatic N) is 3. The predicted molar refractivity (Wildman–Crippen MR) is 128 cm³/mol. The molecular formula is C26H39N3O5. The van der Waals surface area contributed by atoms with Crippen molar-refractivity contribution in [2.24, 2.45) is 11.8 Å². The quantitative estimate of drug-likeness (QED) is 0.386. The molecular weight excluding hydrogens is 434 g/mol. The number of aliphatic hydroxyl groups excluding tert-OH is 1. The standard InChI is InChI=1S/C26H39N3O5/c1-3-4-7-15-28-16-11-13-26-21(20-19(34-26)12-10-14-27(2)23(20)31)24(32)29(22(26)25(28)33)17-8-5-6-9-18-30/h10-13,19-22,30H,3-9,14-18H2,1-2H3/t19-,20+,21-,22?,26-/m0/s1. The first-order valence-electron chi connectivity index (χ1n) is 12.9. The third kappa shape index (κ3) is 4.31. The van der Waals surface area contributed by atoms with Gasteiger partial charge in [-0.15, -0.1) is 0 Å². The molecule has 0 aliphatic carbocycles. The number of aliphatic hydroxyl groups is 1. The molecule has 8 heteroatoms. The topological polar surface area (TPSA) is 90.4 Å². The molecule has 0 aromatic heterocycles. The Morgan fingerprint density at radius 3 is 2.50 bits per heavy atom. The van der Waals surface area contributed by atoms with E-state index in [0.29, 0.717) is 26.2 Å². The summed E-state index contributed by atoms with van der Waals surface area (Å²) in [5.74, 6) is -1.65. The van der Waals surface area contributed by atoms with Gasteiger partial charge >= 0.3 is 0 Å². The van der Waals surface area contributed by atoms with E-state index in [2.05, 4.69) is 6.92 Å². The van der Waals surface area contributed by atoms with E-state index in [1.54, 1.807) is 16.8 Å². The molecule has 4 aliphatic rings. The number of ether oxygens (including phenoxy) is 1. The van der Waals surface area contributed by atoms with Crippen LogP contribution in [0.15, 0.2) is 24.3 Å². The first-order chi connectivity index (χ1) is 16.5. The smallest absolute Gasteiger partial charge is 0.249 e. The summed E-state index contributed by atoms with van der Waals surface area (Å²) in [6.07, 6.45) is 13.4. The van der Waals surface area contributed by atoms with Gasteiger partial charge in [0.05, 0.1) is 17.9 Å². The van der Waals surface area contributed by atoms with Crippen molar-refractivity contribution in [3.05, 3.63) is 24.3 Å². The van der Waals surface area contributed by atoms with Crippen LogP contribution in [0.25, 0.3) is 0 Å². The van der Waals surface area contributed by atoms with Crippen LogP contribution in [0.2, 0.25) is 0 Å². The molecule has 34 heavy (non-hydrogen) atoms. The van der Waals surface area contributed by atoms with Crippen molar-refractivity contribution in [1.29, 1.82) is 0 Å². The second-order valence-electron chi connectivity index (χ2n) is 10.1. The second-order valence-corrected chi connectivity index (χ2v) is 10.1. The number of likely N-dealkylation sites (N-methyl/N-ethyl adjacent to an activating group) is 1. The molecule has 4 rings (SSSR count). The van der Waals surface area contributed by atoms with Gasteiger partial charge in [0.15, 0.2) is 0 Å². The number of carbonyl (C=O) groups excluding carboxylic acids is 3. The number of amides is 3. The molecule has 1 unspecified atom stereocenters. The first-order valence-corrected chi connectivity index (χ1v) is 12.9. The van der Waals surface area contributed by atoms with Crippen molar-refractivity contribution in [3.63, 3.8) is 0 Å². The average Bonchev–Trinajstić information content (AvgIpc) is 3.14. The maximum atomic E-state index is 13.9. The highest BCUT2D eigenvalue weighted by Crippen LogP contribution is 2.53. The molecule has 0 saturated carbocycles. The van der Waals surface area contributed by atoms with Crippen LogP contribution in [0, 0.1) is 11.8 Å².